The van der Waals surface area contributed by atoms with Crippen molar-refractivity contribution in [2.45, 2.75) is 29.4 Å². The summed E-state index contributed by atoms with van der Waals surface area (Å²) in [5.41, 5.74) is 2.54. The van der Waals surface area contributed by atoms with E-state index >= 15 is 0 Å². The highest BCUT2D eigenvalue weighted by Crippen LogP contribution is 2.44. The lowest BCUT2D eigenvalue weighted by molar-refractivity contribution is -0.122. The fourth-order valence-corrected chi connectivity index (χ4v) is 5.28. The van der Waals surface area contributed by atoms with Gasteiger partial charge in [-0.25, -0.2) is 0 Å². The summed E-state index contributed by atoms with van der Waals surface area (Å²) in [5, 5.41) is 2.89. The molecule has 1 N–H and O–H groups in total. The summed E-state index contributed by atoms with van der Waals surface area (Å²) in [6.45, 7) is 1.92. The number of amides is 3. The van der Waals surface area contributed by atoms with Gasteiger partial charge in [-0.2, -0.15) is 0 Å². The number of imide groups is 1. The van der Waals surface area contributed by atoms with Crippen molar-refractivity contribution in [2.75, 3.05) is 10.2 Å². The van der Waals surface area contributed by atoms with Gasteiger partial charge in [0, 0.05) is 20.9 Å². The minimum absolute atomic E-state index is 0.159. The van der Waals surface area contributed by atoms with Crippen LogP contribution in [0.15, 0.2) is 48.5 Å². The maximum Gasteiger partial charge on any atom is 0.255 e. The lowest BCUT2D eigenvalue weighted by Crippen LogP contribution is -2.34. The second-order valence-electron chi connectivity index (χ2n) is 7.55. The number of aryl methyl sites for hydroxylation is 1. The van der Waals surface area contributed by atoms with Crippen LogP contribution in [0.4, 0.5) is 11.4 Å². The van der Waals surface area contributed by atoms with Crippen molar-refractivity contribution in [3.05, 3.63) is 59.7 Å². The fourth-order valence-electron chi connectivity index (χ4n) is 4.04. The minimum atomic E-state index is -0.315. The van der Waals surface area contributed by atoms with E-state index in [1.54, 1.807) is 24.3 Å². The molecule has 1 aliphatic heterocycles. The lowest BCUT2D eigenvalue weighted by Gasteiger charge is -2.29. The molecular weight excluding hydrogens is 500 g/mol. The van der Waals surface area contributed by atoms with Gasteiger partial charge in [-0.1, -0.05) is 56.1 Å². The zero-order chi connectivity index (χ0) is 20.7. The van der Waals surface area contributed by atoms with E-state index in [0.29, 0.717) is 24.1 Å². The van der Waals surface area contributed by atoms with Crippen molar-refractivity contribution in [1.82, 2.24) is 0 Å². The molecule has 2 aliphatic rings. The zero-order valence-electron chi connectivity index (χ0n) is 15.8. The van der Waals surface area contributed by atoms with Crippen molar-refractivity contribution in [3.8, 4) is 0 Å². The number of carbonyl (C=O) groups is 3. The van der Waals surface area contributed by atoms with Crippen molar-refractivity contribution < 1.29 is 14.4 Å². The second kappa shape index (κ2) is 8.03. The summed E-state index contributed by atoms with van der Waals surface area (Å²) >= 11 is 7.20. The summed E-state index contributed by atoms with van der Waals surface area (Å²) in [6.07, 6.45) is 1.24. The molecule has 4 atom stereocenters. The Balaban J connectivity index is 1.59. The average Bonchev–Trinajstić information content (AvgIpc) is 2.94. The SMILES string of the molecule is Cc1ccccc1NC(=O)c1cccc(N2C(=O)[C@H]3C[C@@H](Br)[C@@H](Br)C[C@H]3C2=O)c1. The molecule has 3 amide bonds. The third-order valence-corrected chi connectivity index (χ3v) is 8.40. The van der Waals surface area contributed by atoms with E-state index in [2.05, 4.69) is 37.2 Å². The Kier molecular flexibility index (Phi) is 5.62. The fraction of sp³-hybridized carbons (Fsp3) is 0.318. The normalized spacial score (nSPS) is 26.4. The van der Waals surface area contributed by atoms with Gasteiger partial charge in [0.2, 0.25) is 11.8 Å². The van der Waals surface area contributed by atoms with Crippen LogP contribution >= 0.6 is 31.9 Å². The van der Waals surface area contributed by atoms with E-state index in [1.807, 2.05) is 31.2 Å². The molecule has 0 aromatic heterocycles. The van der Waals surface area contributed by atoms with Crippen molar-refractivity contribution in [3.63, 3.8) is 0 Å². The minimum Gasteiger partial charge on any atom is -0.322 e. The van der Waals surface area contributed by atoms with Gasteiger partial charge in [0.05, 0.1) is 17.5 Å². The summed E-state index contributed by atoms with van der Waals surface area (Å²) in [7, 11) is 0. The van der Waals surface area contributed by atoms with E-state index in [-0.39, 0.29) is 39.2 Å². The van der Waals surface area contributed by atoms with E-state index < -0.39 is 0 Å². The van der Waals surface area contributed by atoms with Gasteiger partial charge in [-0.05, 0) is 49.6 Å². The Morgan fingerprint density at radius 1 is 0.966 bits per heavy atom. The molecule has 1 heterocycles. The van der Waals surface area contributed by atoms with Crippen LogP contribution in [0.5, 0.6) is 0 Å². The first-order chi connectivity index (χ1) is 13.9. The lowest BCUT2D eigenvalue weighted by atomic mass is 9.81. The van der Waals surface area contributed by atoms with Gasteiger partial charge in [0.1, 0.15) is 0 Å². The van der Waals surface area contributed by atoms with Crippen LogP contribution in [0, 0.1) is 18.8 Å². The first kappa shape index (κ1) is 20.3. The van der Waals surface area contributed by atoms with E-state index in [9.17, 15) is 14.4 Å². The van der Waals surface area contributed by atoms with Crippen LogP contribution in [0.2, 0.25) is 0 Å². The molecule has 0 radical (unpaired) electrons. The van der Waals surface area contributed by atoms with Crippen molar-refractivity contribution in [2.24, 2.45) is 11.8 Å². The Hall–Kier alpha value is -1.99. The number of anilines is 2. The smallest absolute Gasteiger partial charge is 0.255 e. The highest BCUT2D eigenvalue weighted by molar-refractivity contribution is 9.12. The molecule has 7 heteroatoms. The topological polar surface area (TPSA) is 66.5 Å². The Labute approximate surface area is 186 Å². The number of hydrogen-bond acceptors (Lipinski definition) is 3. The molecule has 1 saturated carbocycles. The Morgan fingerprint density at radius 2 is 1.59 bits per heavy atom. The third kappa shape index (κ3) is 3.78. The molecule has 1 aliphatic carbocycles. The molecule has 5 nitrogen and oxygen atoms in total. The predicted molar refractivity (Wildman–Crippen MR) is 120 cm³/mol. The summed E-state index contributed by atoms with van der Waals surface area (Å²) in [5.74, 6) is -1.27. The van der Waals surface area contributed by atoms with Gasteiger partial charge in [0.15, 0.2) is 0 Å². The quantitative estimate of drug-likeness (QED) is 0.473. The molecule has 150 valence electrons. The van der Waals surface area contributed by atoms with Gasteiger partial charge in [0.25, 0.3) is 5.91 Å². The number of rotatable bonds is 3. The molecule has 4 rings (SSSR count). The molecule has 29 heavy (non-hydrogen) atoms. The second-order valence-corrected chi connectivity index (χ2v) is 9.90. The maximum atomic E-state index is 13.0. The van der Waals surface area contributed by atoms with E-state index in [4.69, 9.17) is 0 Å². The zero-order valence-corrected chi connectivity index (χ0v) is 18.9. The largest absolute Gasteiger partial charge is 0.322 e. The van der Waals surface area contributed by atoms with Gasteiger partial charge >= 0.3 is 0 Å². The predicted octanol–water partition coefficient (Wildman–Crippen LogP) is 4.67. The number of fused-ring (bicyclic) bond motifs is 1. The standard InChI is InChI=1S/C22H20Br2N2O3/c1-12-5-2-3-8-19(12)25-20(27)13-6-4-7-14(9-13)26-21(28)15-10-17(23)18(24)11-16(15)22(26)29/h2-9,15-18H,10-11H2,1H3,(H,25,27)/t15-,16+,17+,18-. The molecule has 0 spiro atoms. The number of hydrogen-bond donors (Lipinski definition) is 1. The molecule has 2 aromatic carbocycles. The number of nitrogens with one attached hydrogen (secondary N) is 1. The monoisotopic (exact) mass is 518 g/mol. The number of benzene rings is 2. The number of carbonyl (C=O) groups excluding carboxylic acids is 3. The first-order valence-corrected chi connectivity index (χ1v) is 11.3. The van der Waals surface area contributed by atoms with Crippen LogP contribution in [0.25, 0.3) is 0 Å². The molecule has 2 aromatic rings. The van der Waals surface area contributed by atoms with Crippen molar-refractivity contribution >= 4 is 61.0 Å². The van der Waals surface area contributed by atoms with Crippen LogP contribution in [-0.2, 0) is 9.59 Å². The molecular formula is C22H20Br2N2O3. The van der Waals surface area contributed by atoms with E-state index in [0.717, 1.165) is 11.3 Å². The molecule has 1 saturated heterocycles. The number of alkyl halides is 2. The Bertz CT molecular complexity index is 966. The molecule has 2 fully saturated rings. The van der Waals surface area contributed by atoms with Crippen LogP contribution in [0.1, 0.15) is 28.8 Å². The summed E-state index contributed by atoms with van der Waals surface area (Å²) < 4.78 is 0. The van der Waals surface area contributed by atoms with Gasteiger partial charge < -0.3 is 5.32 Å². The molecule has 0 unspecified atom stereocenters. The van der Waals surface area contributed by atoms with Crippen molar-refractivity contribution in [1.29, 1.82) is 0 Å². The first-order valence-electron chi connectivity index (χ1n) is 9.50. The van der Waals surface area contributed by atoms with Gasteiger partial charge in [-0.3, -0.25) is 19.3 Å². The third-order valence-electron chi connectivity index (χ3n) is 5.67. The molecule has 0 bridgehead atoms. The van der Waals surface area contributed by atoms with E-state index in [1.165, 1.54) is 4.90 Å². The summed E-state index contributed by atoms with van der Waals surface area (Å²) in [4.78, 5) is 40.3. The highest BCUT2D eigenvalue weighted by atomic mass is 79.9. The number of para-hydroxylation sites is 1. The highest BCUT2D eigenvalue weighted by Gasteiger charge is 2.52. The Morgan fingerprint density at radius 3 is 2.21 bits per heavy atom. The van der Waals surface area contributed by atoms with Crippen LogP contribution in [-0.4, -0.2) is 27.4 Å². The average molecular weight is 520 g/mol. The summed E-state index contributed by atoms with van der Waals surface area (Å²) in [6, 6.07) is 14.2. The van der Waals surface area contributed by atoms with Crippen LogP contribution in [0.3, 0.4) is 0 Å². The maximum absolute atomic E-state index is 13.0. The number of nitrogens with zero attached hydrogens (tertiary/aromatic N) is 1. The number of halogens is 2. The van der Waals surface area contributed by atoms with Gasteiger partial charge in [-0.15, -0.1) is 0 Å². The van der Waals surface area contributed by atoms with Crippen LogP contribution < -0.4 is 10.2 Å².